The molecule has 0 unspecified atom stereocenters. The molecule has 24 heavy (non-hydrogen) atoms. The molecule has 1 fully saturated rings. The van der Waals surface area contributed by atoms with Crippen LogP contribution in [0.2, 0.25) is 0 Å². The third-order valence-corrected chi connectivity index (χ3v) is 4.60. The molecule has 2 aromatic rings. The minimum atomic E-state index is 0.00972. The highest BCUT2D eigenvalue weighted by molar-refractivity contribution is 5.78. The fraction of sp³-hybridized carbons (Fsp3) is 0.474. The topological polar surface area (TPSA) is 64.4 Å². The van der Waals surface area contributed by atoms with Crippen molar-refractivity contribution in [3.63, 3.8) is 0 Å². The van der Waals surface area contributed by atoms with Gasteiger partial charge in [-0.15, -0.1) is 0 Å². The second-order valence-corrected chi connectivity index (χ2v) is 6.39. The maximum absolute atomic E-state index is 12.2. The van der Waals surface area contributed by atoms with E-state index in [-0.39, 0.29) is 12.3 Å². The molecule has 0 spiro atoms. The largest absolute Gasteiger partial charge is 0.497 e. The number of amides is 1. The second-order valence-electron chi connectivity index (χ2n) is 6.39. The van der Waals surface area contributed by atoms with Crippen molar-refractivity contribution in [2.75, 3.05) is 13.7 Å². The minimum absolute atomic E-state index is 0.00972. The predicted molar refractivity (Wildman–Crippen MR) is 91.9 cm³/mol. The van der Waals surface area contributed by atoms with Gasteiger partial charge in [0.25, 0.3) is 0 Å². The number of aromatic nitrogens is 1. The van der Waals surface area contributed by atoms with Crippen LogP contribution in [0.15, 0.2) is 28.7 Å². The molecule has 1 aromatic carbocycles. The maximum Gasteiger partial charge on any atom is 0.226 e. The number of carbonyl (C=O) groups excluding carboxylic acids is 1. The van der Waals surface area contributed by atoms with Crippen LogP contribution in [0.1, 0.15) is 37.1 Å². The SMILES string of the molecule is COc1cccc(-c2nc(CC(=O)NCC3CCCC3)c(C)o2)c1. The van der Waals surface area contributed by atoms with Crippen molar-refractivity contribution in [2.45, 2.75) is 39.0 Å². The van der Waals surface area contributed by atoms with Crippen molar-refractivity contribution in [3.8, 4) is 17.2 Å². The number of rotatable bonds is 6. The minimum Gasteiger partial charge on any atom is -0.497 e. The van der Waals surface area contributed by atoms with Gasteiger partial charge >= 0.3 is 0 Å². The highest BCUT2D eigenvalue weighted by atomic mass is 16.5. The van der Waals surface area contributed by atoms with Crippen LogP contribution in [-0.2, 0) is 11.2 Å². The quantitative estimate of drug-likeness (QED) is 0.881. The van der Waals surface area contributed by atoms with Crippen LogP contribution < -0.4 is 10.1 Å². The van der Waals surface area contributed by atoms with Gasteiger partial charge in [-0.1, -0.05) is 18.9 Å². The summed E-state index contributed by atoms with van der Waals surface area (Å²) in [6, 6.07) is 7.55. The first-order valence-electron chi connectivity index (χ1n) is 8.53. The number of carbonyl (C=O) groups is 1. The molecule has 1 N–H and O–H groups in total. The van der Waals surface area contributed by atoms with Gasteiger partial charge in [-0.2, -0.15) is 0 Å². The van der Waals surface area contributed by atoms with E-state index in [1.165, 1.54) is 25.7 Å². The van der Waals surface area contributed by atoms with E-state index in [9.17, 15) is 4.79 Å². The van der Waals surface area contributed by atoms with Gasteiger partial charge in [-0.05, 0) is 43.9 Å². The van der Waals surface area contributed by atoms with E-state index in [1.54, 1.807) is 7.11 Å². The smallest absolute Gasteiger partial charge is 0.226 e. The Morgan fingerprint density at radius 2 is 2.17 bits per heavy atom. The number of methoxy groups -OCH3 is 1. The van der Waals surface area contributed by atoms with Gasteiger partial charge in [0, 0.05) is 12.1 Å². The lowest BCUT2D eigenvalue weighted by molar-refractivity contribution is -0.120. The van der Waals surface area contributed by atoms with E-state index >= 15 is 0 Å². The number of benzene rings is 1. The number of oxazole rings is 1. The Bertz CT molecular complexity index is 702. The highest BCUT2D eigenvalue weighted by Gasteiger charge is 2.18. The third-order valence-electron chi connectivity index (χ3n) is 4.60. The molecule has 0 aliphatic heterocycles. The van der Waals surface area contributed by atoms with Gasteiger partial charge in [-0.3, -0.25) is 4.79 Å². The average Bonchev–Trinajstić information content (AvgIpc) is 3.23. The molecule has 5 nitrogen and oxygen atoms in total. The van der Waals surface area contributed by atoms with Crippen molar-refractivity contribution in [3.05, 3.63) is 35.7 Å². The van der Waals surface area contributed by atoms with Gasteiger partial charge in [0.15, 0.2) is 0 Å². The number of hydrogen-bond donors (Lipinski definition) is 1. The molecule has 1 heterocycles. The number of nitrogens with one attached hydrogen (secondary N) is 1. The zero-order chi connectivity index (χ0) is 16.9. The number of nitrogens with zero attached hydrogens (tertiary/aromatic N) is 1. The fourth-order valence-electron chi connectivity index (χ4n) is 3.16. The normalized spacial score (nSPS) is 14.8. The molecule has 1 saturated carbocycles. The Morgan fingerprint density at radius 1 is 1.38 bits per heavy atom. The molecule has 0 bridgehead atoms. The molecular formula is C19H24N2O3. The first-order valence-corrected chi connectivity index (χ1v) is 8.53. The average molecular weight is 328 g/mol. The molecule has 0 atom stereocenters. The standard InChI is InChI=1S/C19H24N2O3/c1-13-17(11-18(22)20-12-14-6-3-4-7-14)21-19(24-13)15-8-5-9-16(10-15)23-2/h5,8-10,14H,3-4,6-7,11-12H2,1-2H3,(H,20,22). The molecule has 128 valence electrons. The fourth-order valence-corrected chi connectivity index (χ4v) is 3.16. The summed E-state index contributed by atoms with van der Waals surface area (Å²) in [4.78, 5) is 16.6. The van der Waals surface area contributed by atoms with Crippen LogP contribution in [0.4, 0.5) is 0 Å². The van der Waals surface area contributed by atoms with Crippen molar-refractivity contribution in [1.29, 1.82) is 0 Å². The van der Waals surface area contributed by atoms with Crippen molar-refractivity contribution < 1.29 is 13.9 Å². The molecule has 0 saturated heterocycles. The first kappa shape index (κ1) is 16.6. The van der Waals surface area contributed by atoms with E-state index in [4.69, 9.17) is 9.15 Å². The van der Waals surface area contributed by atoms with Gasteiger partial charge in [-0.25, -0.2) is 4.98 Å². The van der Waals surface area contributed by atoms with E-state index < -0.39 is 0 Å². The molecule has 1 aliphatic carbocycles. The van der Waals surface area contributed by atoms with Gasteiger partial charge < -0.3 is 14.5 Å². The van der Waals surface area contributed by atoms with E-state index in [0.717, 1.165) is 17.9 Å². The molecule has 1 aromatic heterocycles. The van der Waals surface area contributed by atoms with Gasteiger partial charge in [0.05, 0.1) is 19.2 Å². The molecule has 1 aliphatic rings. The van der Waals surface area contributed by atoms with Crippen molar-refractivity contribution >= 4 is 5.91 Å². The molecular weight excluding hydrogens is 304 g/mol. The molecule has 5 heteroatoms. The molecule has 0 radical (unpaired) electrons. The lowest BCUT2D eigenvalue weighted by Gasteiger charge is -2.09. The summed E-state index contributed by atoms with van der Waals surface area (Å²) in [5, 5.41) is 3.03. The monoisotopic (exact) mass is 328 g/mol. The zero-order valence-electron chi connectivity index (χ0n) is 14.3. The van der Waals surface area contributed by atoms with Crippen LogP contribution in [-0.4, -0.2) is 24.5 Å². The summed E-state index contributed by atoms with van der Waals surface area (Å²) in [5.74, 6) is 2.60. The summed E-state index contributed by atoms with van der Waals surface area (Å²) in [7, 11) is 1.63. The van der Waals surface area contributed by atoms with E-state index in [2.05, 4.69) is 10.3 Å². The van der Waals surface area contributed by atoms with E-state index in [1.807, 2.05) is 31.2 Å². The number of ether oxygens (including phenoxy) is 1. The highest BCUT2D eigenvalue weighted by Crippen LogP contribution is 2.26. The third kappa shape index (κ3) is 3.96. The maximum atomic E-state index is 12.2. The summed E-state index contributed by atoms with van der Waals surface area (Å²) in [5.41, 5.74) is 1.53. The lowest BCUT2D eigenvalue weighted by Crippen LogP contribution is -2.29. The van der Waals surface area contributed by atoms with Crippen LogP contribution in [0.5, 0.6) is 5.75 Å². The predicted octanol–water partition coefficient (Wildman–Crippen LogP) is 3.51. The summed E-state index contributed by atoms with van der Waals surface area (Å²) < 4.78 is 11.0. The van der Waals surface area contributed by atoms with Crippen LogP contribution in [0, 0.1) is 12.8 Å². The van der Waals surface area contributed by atoms with E-state index in [0.29, 0.717) is 23.3 Å². The molecule has 1 amide bonds. The Hall–Kier alpha value is -2.30. The van der Waals surface area contributed by atoms with Gasteiger partial charge in [0.1, 0.15) is 11.5 Å². The summed E-state index contributed by atoms with van der Waals surface area (Å²) >= 11 is 0. The summed E-state index contributed by atoms with van der Waals surface area (Å²) in [6.45, 7) is 2.62. The zero-order valence-corrected chi connectivity index (χ0v) is 14.3. The van der Waals surface area contributed by atoms with Gasteiger partial charge in [0.2, 0.25) is 11.8 Å². The second kappa shape index (κ2) is 7.51. The first-order chi connectivity index (χ1) is 11.7. The molecule has 3 rings (SSSR count). The van der Waals surface area contributed by atoms with Crippen LogP contribution in [0.25, 0.3) is 11.5 Å². The van der Waals surface area contributed by atoms with Crippen molar-refractivity contribution in [2.24, 2.45) is 5.92 Å². The Balaban J connectivity index is 1.63. The van der Waals surface area contributed by atoms with Crippen LogP contribution >= 0.6 is 0 Å². The summed E-state index contributed by atoms with van der Waals surface area (Å²) in [6.07, 6.45) is 5.28. The van der Waals surface area contributed by atoms with Crippen LogP contribution in [0.3, 0.4) is 0 Å². The number of aryl methyl sites for hydroxylation is 1. The number of hydrogen-bond acceptors (Lipinski definition) is 4. The lowest BCUT2D eigenvalue weighted by atomic mass is 10.1. The Labute approximate surface area is 142 Å². The Morgan fingerprint density at radius 3 is 2.92 bits per heavy atom. The van der Waals surface area contributed by atoms with Crippen molar-refractivity contribution in [1.82, 2.24) is 10.3 Å². The Kier molecular flexibility index (Phi) is 5.18.